The molecule has 0 fully saturated rings. The van der Waals surface area contributed by atoms with Crippen molar-refractivity contribution < 1.29 is 23.8 Å². The van der Waals surface area contributed by atoms with E-state index in [1.807, 2.05) is 48.5 Å². The third kappa shape index (κ3) is 4.70. The van der Waals surface area contributed by atoms with Crippen LogP contribution < -0.4 is 5.32 Å². The minimum absolute atomic E-state index is 0.0665. The topological polar surface area (TPSA) is 75.6 Å². The van der Waals surface area contributed by atoms with Gasteiger partial charge in [-0.25, -0.2) is 14.0 Å². The third-order valence-electron chi connectivity index (χ3n) is 6.51. The Balaban J connectivity index is 1.23. The minimum atomic E-state index is -1.17. The van der Waals surface area contributed by atoms with Crippen molar-refractivity contribution in [1.82, 2.24) is 5.32 Å². The van der Waals surface area contributed by atoms with Crippen molar-refractivity contribution >= 4 is 12.1 Å². The lowest BCUT2D eigenvalue weighted by Crippen LogP contribution is -2.42. The van der Waals surface area contributed by atoms with Crippen LogP contribution in [-0.2, 0) is 16.0 Å². The monoisotopic (exact) mass is 481 g/mol. The number of amides is 1. The van der Waals surface area contributed by atoms with Gasteiger partial charge in [-0.15, -0.1) is 0 Å². The average molecular weight is 482 g/mol. The minimum Gasteiger partial charge on any atom is -0.480 e. The van der Waals surface area contributed by atoms with E-state index in [1.54, 1.807) is 42.5 Å². The first kappa shape index (κ1) is 23.3. The zero-order chi connectivity index (χ0) is 25.1. The molecule has 6 heteroatoms. The van der Waals surface area contributed by atoms with E-state index in [1.165, 1.54) is 6.07 Å². The summed E-state index contributed by atoms with van der Waals surface area (Å²) in [4.78, 5) is 24.4. The first-order valence-electron chi connectivity index (χ1n) is 11.7. The number of ether oxygens (including phenoxy) is 1. The summed E-state index contributed by atoms with van der Waals surface area (Å²) in [6.45, 7) is 0.101. The highest BCUT2D eigenvalue weighted by Crippen LogP contribution is 2.44. The lowest BCUT2D eigenvalue weighted by molar-refractivity contribution is -0.139. The van der Waals surface area contributed by atoms with Crippen LogP contribution in [0, 0.1) is 5.82 Å². The summed E-state index contributed by atoms with van der Waals surface area (Å²) in [6.07, 6.45) is -0.718. The van der Waals surface area contributed by atoms with Gasteiger partial charge in [0.05, 0.1) is 0 Å². The highest BCUT2D eigenvalue weighted by Gasteiger charge is 2.29. The molecular weight excluding hydrogens is 457 g/mol. The predicted molar refractivity (Wildman–Crippen MR) is 135 cm³/mol. The molecule has 1 amide bonds. The number of benzene rings is 4. The van der Waals surface area contributed by atoms with Crippen LogP contribution >= 0.6 is 0 Å². The first-order valence-corrected chi connectivity index (χ1v) is 11.7. The standard InChI is InChI=1S/C30H24FNO4/c31-27-12-6-5-7-21(27)20-15-13-19(14-16-20)17-28(29(33)34)32-30(35)36-18-26-24-10-3-1-8-22(24)23-9-2-4-11-25(23)26/h1-16,26,28H,17-18H2,(H,32,35)(H,33,34). The van der Waals surface area contributed by atoms with Gasteiger partial charge < -0.3 is 15.2 Å². The second-order valence-electron chi connectivity index (χ2n) is 8.74. The third-order valence-corrected chi connectivity index (χ3v) is 6.51. The second-order valence-corrected chi connectivity index (χ2v) is 8.74. The lowest BCUT2D eigenvalue weighted by Gasteiger charge is -2.17. The second kappa shape index (κ2) is 10.0. The number of nitrogens with one attached hydrogen (secondary N) is 1. The van der Waals surface area contributed by atoms with Crippen LogP contribution in [0.25, 0.3) is 22.3 Å². The van der Waals surface area contributed by atoms with Crippen LogP contribution in [0.2, 0.25) is 0 Å². The average Bonchev–Trinajstić information content (AvgIpc) is 3.21. The first-order chi connectivity index (χ1) is 17.5. The molecule has 2 N–H and O–H groups in total. The highest BCUT2D eigenvalue weighted by atomic mass is 19.1. The van der Waals surface area contributed by atoms with Crippen molar-refractivity contribution in [3.05, 3.63) is 120 Å². The largest absolute Gasteiger partial charge is 0.480 e. The van der Waals surface area contributed by atoms with E-state index in [-0.39, 0.29) is 24.8 Å². The van der Waals surface area contributed by atoms with E-state index in [0.29, 0.717) is 16.7 Å². The molecule has 1 atom stereocenters. The SMILES string of the molecule is O=C(NC(Cc1ccc(-c2ccccc2F)cc1)C(=O)O)OCC1c2ccccc2-c2ccccc21. The Kier molecular flexibility index (Phi) is 6.50. The Morgan fingerprint density at radius 3 is 1.94 bits per heavy atom. The van der Waals surface area contributed by atoms with E-state index in [9.17, 15) is 19.1 Å². The Bertz CT molecular complexity index is 1370. The molecule has 4 aromatic carbocycles. The molecule has 1 aliphatic rings. The Labute approximate surface area is 208 Å². The van der Waals surface area contributed by atoms with E-state index in [0.717, 1.165) is 22.3 Å². The molecule has 36 heavy (non-hydrogen) atoms. The molecule has 1 unspecified atom stereocenters. The Morgan fingerprint density at radius 1 is 0.806 bits per heavy atom. The molecule has 0 saturated heterocycles. The zero-order valence-corrected chi connectivity index (χ0v) is 19.4. The van der Waals surface area contributed by atoms with Gasteiger partial charge in [0.1, 0.15) is 18.5 Å². The summed E-state index contributed by atoms with van der Waals surface area (Å²) < 4.78 is 19.5. The van der Waals surface area contributed by atoms with Crippen molar-refractivity contribution in [3.8, 4) is 22.3 Å². The molecule has 0 radical (unpaired) electrons. The normalized spacial score (nSPS) is 12.9. The molecule has 4 aromatic rings. The number of carboxylic acid groups (broad SMARTS) is 1. The molecule has 5 nitrogen and oxygen atoms in total. The number of hydrogen-bond donors (Lipinski definition) is 2. The fraction of sp³-hybridized carbons (Fsp3) is 0.133. The van der Waals surface area contributed by atoms with Crippen molar-refractivity contribution in [2.45, 2.75) is 18.4 Å². The van der Waals surface area contributed by atoms with E-state index in [2.05, 4.69) is 5.32 Å². The van der Waals surface area contributed by atoms with Gasteiger partial charge in [-0.1, -0.05) is 91.0 Å². The van der Waals surface area contributed by atoms with Gasteiger partial charge in [0.25, 0.3) is 0 Å². The Morgan fingerprint density at radius 2 is 1.36 bits per heavy atom. The van der Waals surface area contributed by atoms with Gasteiger partial charge in [-0.2, -0.15) is 0 Å². The summed E-state index contributed by atoms with van der Waals surface area (Å²) in [7, 11) is 0. The zero-order valence-electron chi connectivity index (χ0n) is 19.4. The number of halogens is 1. The number of carbonyl (C=O) groups is 2. The molecule has 0 spiro atoms. The van der Waals surface area contributed by atoms with Gasteiger partial charge >= 0.3 is 12.1 Å². The Hall–Kier alpha value is -4.45. The number of carboxylic acids is 1. The molecular formula is C30H24FNO4. The number of carbonyl (C=O) groups excluding carboxylic acids is 1. The smallest absolute Gasteiger partial charge is 0.407 e. The molecule has 0 heterocycles. The van der Waals surface area contributed by atoms with Crippen LogP contribution in [0.5, 0.6) is 0 Å². The van der Waals surface area contributed by atoms with Crippen molar-refractivity contribution in [1.29, 1.82) is 0 Å². The van der Waals surface area contributed by atoms with Crippen LogP contribution in [-0.4, -0.2) is 29.8 Å². The van der Waals surface area contributed by atoms with Crippen molar-refractivity contribution in [2.75, 3.05) is 6.61 Å². The predicted octanol–water partition coefficient (Wildman–Crippen LogP) is 6.03. The molecule has 0 aromatic heterocycles. The molecule has 0 aliphatic heterocycles. The van der Waals surface area contributed by atoms with Crippen molar-refractivity contribution in [3.63, 3.8) is 0 Å². The number of aliphatic carboxylic acids is 1. The molecule has 180 valence electrons. The number of alkyl carbamates (subject to hydrolysis) is 1. The van der Waals surface area contributed by atoms with E-state index in [4.69, 9.17) is 4.74 Å². The fourth-order valence-electron chi connectivity index (χ4n) is 4.73. The van der Waals surface area contributed by atoms with Crippen LogP contribution in [0.3, 0.4) is 0 Å². The summed E-state index contributed by atoms with van der Waals surface area (Å²) in [5.41, 5.74) is 6.24. The van der Waals surface area contributed by atoms with Crippen LogP contribution in [0.4, 0.5) is 9.18 Å². The maximum atomic E-state index is 14.0. The summed E-state index contributed by atoms with van der Waals surface area (Å²) in [5.74, 6) is -1.61. The highest BCUT2D eigenvalue weighted by molar-refractivity contribution is 5.81. The molecule has 1 aliphatic carbocycles. The van der Waals surface area contributed by atoms with Gasteiger partial charge in [0.15, 0.2) is 0 Å². The van der Waals surface area contributed by atoms with Gasteiger partial charge in [0, 0.05) is 17.9 Å². The lowest BCUT2D eigenvalue weighted by atomic mass is 9.98. The molecule has 0 bridgehead atoms. The van der Waals surface area contributed by atoms with Crippen LogP contribution in [0.15, 0.2) is 97.1 Å². The van der Waals surface area contributed by atoms with Gasteiger partial charge in [-0.3, -0.25) is 0 Å². The number of rotatable bonds is 7. The maximum absolute atomic E-state index is 14.0. The van der Waals surface area contributed by atoms with Crippen LogP contribution in [0.1, 0.15) is 22.6 Å². The summed E-state index contributed by atoms with van der Waals surface area (Å²) >= 11 is 0. The maximum Gasteiger partial charge on any atom is 0.407 e. The summed E-state index contributed by atoms with van der Waals surface area (Å²) in [6, 6.07) is 28.2. The molecule has 5 rings (SSSR count). The van der Waals surface area contributed by atoms with E-state index < -0.39 is 18.1 Å². The van der Waals surface area contributed by atoms with Gasteiger partial charge in [0.2, 0.25) is 0 Å². The van der Waals surface area contributed by atoms with E-state index >= 15 is 0 Å². The quantitative estimate of drug-likeness (QED) is 0.338. The molecule has 0 saturated carbocycles. The van der Waals surface area contributed by atoms with Gasteiger partial charge in [-0.05, 0) is 39.4 Å². The summed E-state index contributed by atoms with van der Waals surface area (Å²) in [5, 5.41) is 12.1. The number of hydrogen-bond acceptors (Lipinski definition) is 3. The number of fused-ring (bicyclic) bond motifs is 3. The fourth-order valence-corrected chi connectivity index (χ4v) is 4.73. The van der Waals surface area contributed by atoms with Crippen molar-refractivity contribution in [2.24, 2.45) is 0 Å².